The van der Waals surface area contributed by atoms with Gasteiger partial charge in [-0.1, -0.05) is 39.0 Å². The summed E-state index contributed by atoms with van der Waals surface area (Å²) in [5.74, 6) is -1.56. The lowest BCUT2D eigenvalue weighted by molar-refractivity contribution is 0.0874. The van der Waals surface area contributed by atoms with Crippen LogP contribution >= 0.6 is 0 Å². The van der Waals surface area contributed by atoms with Gasteiger partial charge in [0.25, 0.3) is 23.6 Å². The molecule has 5 rings (SSSR count). The maximum Gasteiger partial charge on any atom is 0.266 e. The number of nitrogens with one attached hydrogen (secondary N) is 1. The molecule has 6 heteroatoms. The highest BCUT2D eigenvalue weighted by molar-refractivity contribution is 6.35. The number of carbonyl (C=O) groups is 4. The Morgan fingerprint density at radius 2 is 1.20 bits per heavy atom. The predicted octanol–water partition coefficient (Wildman–Crippen LogP) is 5.26. The molecule has 0 radical (unpaired) electrons. The number of nitrogens with zero attached hydrogens (tertiary/aromatic N) is 1. The fourth-order valence-corrected chi connectivity index (χ4v) is 5.64. The highest BCUT2D eigenvalue weighted by Crippen LogP contribution is 2.40. The Labute approximate surface area is 204 Å². The van der Waals surface area contributed by atoms with Crippen LogP contribution in [0.1, 0.15) is 84.5 Å². The van der Waals surface area contributed by atoms with Crippen molar-refractivity contribution in [1.29, 1.82) is 0 Å². The van der Waals surface area contributed by atoms with Gasteiger partial charge in [0, 0.05) is 0 Å². The fourth-order valence-electron chi connectivity index (χ4n) is 5.64. The van der Waals surface area contributed by atoms with Gasteiger partial charge in [-0.25, -0.2) is 4.90 Å². The van der Waals surface area contributed by atoms with Gasteiger partial charge < -0.3 is 0 Å². The molecule has 176 valence electrons. The van der Waals surface area contributed by atoms with Crippen molar-refractivity contribution in [2.24, 2.45) is 0 Å². The average Bonchev–Trinajstić information content (AvgIpc) is 3.19. The van der Waals surface area contributed by atoms with Gasteiger partial charge in [0.05, 0.1) is 27.9 Å². The number of hydrogen-bond donors (Lipinski definition) is 1. The zero-order valence-electron chi connectivity index (χ0n) is 20.6. The summed E-state index contributed by atoms with van der Waals surface area (Å²) in [6.45, 7) is 12.3. The van der Waals surface area contributed by atoms with Gasteiger partial charge in [0.15, 0.2) is 0 Å². The Bertz CT molecular complexity index is 1510. The number of benzene rings is 3. The monoisotopic (exact) mass is 466 g/mol. The molecule has 0 spiro atoms. The Kier molecular flexibility index (Phi) is 4.85. The maximum atomic E-state index is 13.6. The summed E-state index contributed by atoms with van der Waals surface area (Å²) < 4.78 is 0. The van der Waals surface area contributed by atoms with E-state index in [9.17, 15) is 19.2 Å². The molecule has 0 saturated heterocycles. The van der Waals surface area contributed by atoms with Crippen LogP contribution in [0.5, 0.6) is 0 Å². The Morgan fingerprint density at radius 3 is 1.83 bits per heavy atom. The largest absolute Gasteiger partial charge is 0.288 e. The molecule has 2 aliphatic heterocycles. The third-order valence-corrected chi connectivity index (χ3v) is 6.86. The molecule has 3 aromatic rings. The number of amides is 4. The summed E-state index contributed by atoms with van der Waals surface area (Å²) >= 11 is 0. The summed E-state index contributed by atoms with van der Waals surface area (Å²) in [4.78, 5) is 52.3. The molecule has 35 heavy (non-hydrogen) atoms. The number of fused-ring (bicyclic) bond motifs is 2. The van der Waals surface area contributed by atoms with E-state index in [2.05, 4.69) is 33.0 Å². The number of hydrogen-bond acceptors (Lipinski definition) is 4. The van der Waals surface area contributed by atoms with Crippen LogP contribution in [0.15, 0.2) is 42.5 Å². The van der Waals surface area contributed by atoms with Crippen LogP contribution in [0.2, 0.25) is 0 Å². The molecular formula is C29H26N2O4. The first kappa shape index (κ1) is 22.7. The summed E-state index contributed by atoms with van der Waals surface area (Å²) in [7, 11) is 0. The third-order valence-electron chi connectivity index (χ3n) is 6.86. The molecule has 2 aliphatic rings. The van der Waals surface area contributed by atoms with Crippen LogP contribution in [0.3, 0.4) is 0 Å². The summed E-state index contributed by atoms with van der Waals surface area (Å²) in [6.07, 6.45) is 0. The average molecular weight is 467 g/mol. The van der Waals surface area contributed by atoms with Crippen molar-refractivity contribution in [3.63, 3.8) is 0 Å². The van der Waals surface area contributed by atoms with Gasteiger partial charge in [-0.05, 0) is 83.8 Å². The minimum Gasteiger partial charge on any atom is -0.288 e. The van der Waals surface area contributed by atoms with E-state index in [0.29, 0.717) is 39.1 Å². The highest BCUT2D eigenvalue weighted by atomic mass is 16.2. The van der Waals surface area contributed by atoms with Gasteiger partial charge in [0.1, 0.15) is 0 Å². The maximum absolute atomic E-state index is 13.6. The summed E-state index contributed by atoms with van der Waals surface area (Å²) in [5, 5.41) is 2.29. The topological polar surface area (TPSA) is 83.6 Å². The van der Waals surface area contributed by atoms with Gasteiger partial charge in [0.2, 0.25) is 0 Å². The van der Waals surface area contributed by atoms with Crippen LogP contribution in [-0.2, 0) is 5.41 Å². The Hall–Kier alpha value is -4.06. The van der Waals surface area contributed by atoms with Crippen LogP contribution in [-0.4, -0.2) is 23.6 Å². The van der Waals surface area contributed by atoms with E-state index in [4.69, 9.17) is 0 Å². The molecule has 0 bridgehead atoms. The molecule has 0 aromatic heterocycles. The van der Waals surface area contributed by atoms with Gasteiger partial charge in [-0.3, -0.25) is 24.5 Å². The van der Waals surface area contributed by atoms with Crippen molar-refractivity contribution in [3.05, 3.63) is 87.0 Å². The molecule has 0 saturated carbocycles. The van der Waals surface area contributed by atoms with E-state index in [1.165, 1.54) is 4.90 Å². The first-order chi connectivity index (χ1) is 16.4. The zero-order valence-corrected chi connectivity index (χ0v) is 20.6. The first-order valence-corrected chi connectivity index (χ1v) is 11.5. The lowest BCUT2D eigenvalue weighted by Gasteiger charge is -2.29. The summed E-state index contributed by atoms with van der Waals surface area (Å²) in [5.41, 5.74) is 7.24. The molecular weight excluding hydrogens is 440 g/mol. The standard InChI is InChI=1S/C29H26N2O4/c1-14-11-15(2)24(16(3)23(14)29(4,5)6)31-27(34)20-10-8-18(13-22(20)28(31)35)17-7-9-19-21(12-17)26(33)30-25(19)32/h7-13H,1-6H3,(H,30,32,33). The van der Waals surface area contributed by atoms with Crippen molar-refractivity contribution in [2.75, 3.05) is 4.90 Å². The molecule has 0 unspecified atom stereocenters. The van der Waals surface area contributed by atoms with Gasteiger partial charge >= 0.3 is 0 Å². The molecule has 0 atom stereocenters. The highest BCUT2D eigenvalue weighted by Gasteiger charge is 2.39. The van der Waals surface area contributed by atoms with Crippen molar-refractivity contribution >= 4 is 29.3 Å². The third kappa shape index (κ3) is 3.32. The molecule has 0 fully saturated rings. The lowest BCUT2D eigenvalue weighted by atomic mass is 9.79. The second-order valence-corrected chi connectivity index (χ2v) is 10.4. The smallest absolute Gasteiger partial charge is 0.266 e. The van der Waals surface area contributed by atoms with Crippen molar-refractivity contribution in [3.8, 4) is 11.1 Å². The predicted molar refractivity (Wildman–Crippen MR) is 134 cm³/mol. The second kappa shape index (κ2) is 7.47. The molecule has 3 aromatic carbocycles. The molecule has 0 aliphatic carbocycles. The van der Waals surface area contributed by atoms with E-state index >= 15 is 0 Å². The Morgan fingerprint density at radius 1 is 0.657 bits per heavy atom. The van der Waals surface area contributed by atoms with E-state index in [0.717, 1.165) is 22.3 Å². The zero-order chi connectivity index (χ0) is 25.4. The van der Waals surface area contributed by atoms with Crippen molar-refractivity contribution in [1.82, 2.24) is 5.32 Å². The number of carbonyl (C=O) groups excluding carboxylic acids is 4. The SMILES string of the molecule is Cc1cc(C)c(C(C)(C)C)c(C)c1N1C(=O)c2ccc(-c3ccc4c(c3)C(=O)NC4=O)cc2C1=O. The molecule has 2 heterocycles. The van der Waals surface area contributed by atoms with Gasteiger partial charge in [-0.15, -0.1) is 0 Å². The van der Waals surface area contributed by atoms with E-state index in [1.807, 2.05) is 19.9 Å². The van der Waals surface area contributed by atoms with Crippen LogP contribution in [0.4, 0.5) is 5.69 Å². The molecule has 6 nitrogen and oxygen atoms in total. The lowest BCUT2D eigenvalue weighted by Crippen LogP contribution is -2.32. The van der Waals surface area contributed by atoms with E-state index in [-0.39, 0.29) is 17.2 Å². The minimum absolute atomic E-state index is 0.149. The molecule has 1 N–H and O–H groups in total. The van der Waals surface area contributed by atoms with Crippen LogP contribution in [0.25, 0.3) is 11.1 Å². The van der Waals surface area contributed by atoms with Crippen molar-refractivity contribution < 1.29 is 19.2 Å². The normalized spacial score (nSPS) is 15.0. The number of aryl methyl sites for hydroxylation is 2. The fraction of sp³-hybridized carbons (Fsp3) is 0.241. The Balaban J connectivity index is 1.60. The summed E-state index contributed by atoms with van der Waals surface area (Å²) in [6, 6.07) is 12.1. The quantitative estimate of drug-likeness (QED) is 0.522. The van der Waals surface area contributed by atoms with E-state index in [1.54, 1.807) is 36.4 Å². The van der Waals surface area contributed by atoms with Crippen molar-refractivity contribution in [2.45, 2.75) is 47.0 Å². The molecule has 4 amide bonds. The number of imide groups is 2. The number of rotatable bonds is 2. The van der Waals surface area contributed by atoms with Crippen LogP contribution in [0, 0.1) is 20.8 Å². The van der Waals surface area contributed by atoms with Gasteiger partial charge in [-0.2, -0.15) is 0 Å². The number of anilines is 1. The first-order valence-electron chi connectivity index (χ1n) is 11.5. The minimum atomic E-state index is -0.439. The van der Waals surface area contributed by atoms with E-state index < -0.39 is 11.8 Å². The van der Waals surface area contributed by atoms with Crippen LogP contribution < -0.4 is 10.2 Å². The second-order valence-electron chi connectivity index (χ2n) is 10.4.